The minimum absolute atomic E-state index is 0.0929. The highest BCUT2D eigenvalue weighted by atomic mass is 16.7. The van der Waals surface area contributed by atoms with Gasteiger partial charge >= 0.3 is 11.9 Å². The predicted octanol–water partition coefficient (Wildman–Crippen LogP) is 1.37. The van der Waals surface area contributed by atoms with Gasteiger partial charge in [0.1, 0.15) is 11.3 Å². The normalized spacial score (nSPS) is 10.0. The van der Waals surface area contributed by atoms with E-state index in [1.807, 2.05) is 0 Å². The van der Waals surface area contributed by atoms with E-state index >= 15 is 0 Å². The van der Waals surface area contributed by atoms with Crippen LogP contribution >= 0.6 is 0 Å². The number of carbonyl (C=O) groups is 2. The van der Waals surface area contributed by atoms with Gasteiger partial charge in [0.15, 0.2) is 6.79 Å². The minimum atomic E-state index is -1.25. The van der Waals surface area contributed by atoms with E-state index < -0.39 is 11.9 Å². The van der Waals surface area contributed by atoms with Gasteiger partial charge < -0.3 is 19.7 Å². The summed E-state index contributed by atoms with van der Waals surface area (Å²) in [6.45, 7) is 1.47. The zero-order valence-corrected chi connectivity index (χ0v) is 9.39. The first-order valence-electron chi connectivity index (χ1n) is 4.70. The van der Waals surface area contributed by atoms with E-state index in [1.165, 1.54) is 13.2 Å². The molecule has 6 nitrogen and oxygen atoms in total. The molecule has 0 aliphatic heterocycles. The van der Waals surface area contributed by atoms with Crippen LogP contribution in [-0.4, -0.2) is 36.1 Å². The molecule has 2 N–H and O–H groups in total. The fourth-order valence-electron chi connectivity index (χ4n) is 1.37. The maximum Gasteiger partial charge on any atom is 0.339 e. The Hall–Kier alpha value is -2.08. The Bertz CT molecular complexity index is 452. The number of hydrogen-bond donors (Lipinski definition) is 2. The maximum absolute atomic E-state index is 11.0. The average Bonchev–Trinajstić information content (AvgIpc) is 2.26. The lowest BCUT2D eigenvalue weighted by Crippen LogP contribution is -2.09. The highest BCUT2D eigenvalue weighted by Gasteiger charge is 2.18. The second-order valence-electron chi connectivity index (χ2n) is 3.33. The number of aromatic carboxylic acids is 2. The molecule has 0 bridgehead atoms. The molecule has 1 aromatic carbocycles. The summed E-state index contributed by atoms with van der Waals surface area (Å²) in [5, 5.41) is 17.8. The monoisotopic (exact) mass is 240 g/mol. The number of methoxy groups -OCH3 is 1. The molecule has 1 rings (SSSR count). The molecular weight excluding hydrogens is 228 g/mol. The lowest BCUT2D eigenvalue weighted by Gasteiger charge is -2.12. The molecule has 0 atom stereocenters. The van der Waals surface area contributed by atoms with Gasteiger partial charge in [-0.15, -0.1) is 0 Å². The Morgan fingerprint density at radius 3 is 2.35 bits per heavy atom. The van der Waals surface area contributed by atoms with Crippen LogP contribution in [0.25, 0.3) is 0 Å². The number of carboxylic acids is 2. The molecule has 0 aromatic heterocycles. The molecule has 0 heterocycles. The van der Waals surface area contributed by atoms with E-state index in [2.05, 4.69) is 4.74 Å². The maximum atomic E-state index is 11.0. The fourth-order valence-corrected chi connectivity index (χ4v) is 1.37. The Morgan fingerprint density at radius 2 is 1.88 bits per heavy atom. The molecule has 92 valence electrons. The van der Waals surface area contributed by atoms with Gasteiger partial charge in [-0.3, -0.25) is 0 Å². The van der Waals surface area contributed by atoms with E-state index in [9.17, 15) is 9.59 Å². The van der Waals surface area contributed by atoms with Crippen molar-refractivity contribution in [2.45, 2.75) is 6.92 Å². The van der Waals surface area contributed by atoms with Crippen LogP contribution in [0.15, 0.2) is 12.1 Å². The van der Waals surface area contributed by atoms with Crippen molar-refractivity contribution in [2.75, 3.05) is 13.9 Å². The Balaban J connectivity index is 3.28. The zero-order valence-electron chi connectivity index (χ0n) is 9.39. The van der Waals surface area contributed by atoms with Crippen LogP contribution in [0.5, 0.6) is 5.75 Å². The number of benzene rings is 1. The lowest BCUT2D eigenvalue weighted by molar-refractivity contribution is 0.0478. The molecule has 0 aliphatic rings. The topological polar surface area (TPSA) is 93.1 Å². The van der Waals surface area contributed by atoms with Gasteiger partial charge in [0.05, 0.1) is 5.56 Å². The van der Waals surface area contributed by atoms with Crippen molar-refractivity contribution in [2.24, 2.45) is 0 Å². The molecular formula is C11H12O6. The van der Waals surface area contributed by atoms with E-state index in [0.29, 0.717) is 5.56 Å². The van der Waals surface area contributed by atoms with E-state index in [0.717, 1.165) is 6.07 Å². The number of carboxylic acid groups (broad SMARTS) is 2. The highest BCUT2D eigenvalue weighted by molar-refractivity contribution is 5.96. The second kappa shape index (κ2) is 5.31. The Labute approximate surface area is 97.4 Å². The molecule has 0 spiro atoms. The summed E-state index contributed by atoms with van der Waals surface area (Å²) in [6.07, 6.45) is 0. The summed E-state index contributed by atoms with van der Waals surface area (Å²) in [6, 6.07) is 2.41. The summed E-state index contributed by atoms with van der Waals surface area (Å²) < 4.78 is 9.80. The average molecular weight is 240 g/mol. The molecule has 17 heavy (non-hydrogen) atoms. The van der Waals surface area contributed by atoms with Crippen LogP contribution in [0.3, 0.4) is 0 Å². The third-order valence-electron chi connectivity index (χ3n) is 2.07. The fraction of sp³-hybridized carbons (Fsp3) is 0.273. The van der Waals surface area contributed by atoms with Crippen molar-refractivity contribution in [3.05, 3.63) is 28.8 Å². The van der Waals surface area contributed by atoms with Gasteiger partial charge in [-0.1, -0.05) is 0 Å². The van der Waals surface area contributed by atoms with Crippen LogP contribution in [0.2, 0.25) is 0 Å². The number of aryl methyl sites for hydroxylation is 1. The van der Waals surface area contributed by atoms with E-state index in [-0.39, 0.29) is 23.7 Å². The first-order chi connectivity index (χ1) is 7.97. The van der Waals surface area contributed by atoms with Crippen LogP contribution in [-0.2, 0) is 4.74 Å². The highest BCUT2D eigenvalue weighted by Crippen LogP contribution is 2.25. The van der Waals surface area contributed by atoms with Gasteiger partial charge in [-0.05, 0) is 24.6 Å². The summed E-state index contributed by atoms with van der Waals surface area (Å²) >= 11 is 0. The summed E-state index contributed by atoms with van der Waals surface area (Å²) in [7, 11) is 1.40. The quantitative estimate of drug-likeness (QED) is 0.755. The number of rotatable bonds is 5. The van der Waals surface area contributed by atoms with Crippen molar-refractivity contribution in [1.82, 2.24) is 0 Å². The van der Waals surface area contributed by atoms with Crippen molar-refractivity contribution >= 4 is 11.9 Å². The summed E-state index contributed by atoms with van der Waals surface area (Å²) in [5.41, 5.74) is 0.142. The Morgan fingerprint density at radius 1 is 1.24 bits per heavy atom. The van der Waals surface area contributed by atoms with Crippen molar-refractivity contribution in [3.8, 4) is 5.75 Å². The smallest absolute Gasteiger partial charge is 0.339 e. The lowest BCUT2D eigenvalue weighted by atomic mass is 10.0. The molecule has 0 fully saturated rings. The van der Waals surface area contributed by atoms with Crippen LogP contribution in [0, 0.1) is 6.92 Å². The van der Waals surface area contributed by atoms with Crippen molar-refractivity contribution in [1.29, 1.82) is 0 Å². The summed E-state index contributed by atoms with van der Waals surface area (Å²) in [5.74, 6) is -2.32. The van der Waals surface area contributed by atoms with Crippen LogP contribution in [0.4, 0.5) is 0 Å². The summed E-state index contributed by atoms with van der Waals surface area (Å²) in [4.78, 5) is 21.8. The standard InChI is InChI=1S/C11H12O6/c1-6-3-7(10(12)13)4-8(11(14)15)9(6)17-5-16-2/h3-4H,5H2,1-2H3,(H,12,13)(H,14,15). The van der Waals surface area contributed by atoms with Gasteiger partial charge in [0, 0.05) is 7.11 Å². The molecule has 0 unspecified atom stereocenters. The predicted molar refractivity (Wildman–Crippen MR) is 57.6 cm³/mol. The Kier molecular flexibility index (Phi) is 4.06. The minimum Gasteiger partial charge on any atom is -0.478 e. The van der Waals surface area contributed by atoms with Gasteiger partial charge in [-0.25, -0.2) is 9.59 Å². The number of ether oxygens (including phenoxy) is 2. The molecule has 0 saturated carbocycles. The largest absolute Gasteiger partial charge is 0.478 e. The molecule has 0 amide bonds. The first kappa shape index (κ1) is 13.0. The van der Waals surface area contributed by atoms with Crippen LogP contribution < -0.4 is 4.74 Å². The van der Waals surface area contributed by atoms with Crippen molar-refractivity contribution in [3.63, 3.8) is 0 Å². The number of hydrogen-bond acceptors (Lipinski definition) is 4. The SMILES string of the molecule is COCOc1c(C)cc(C(=O)O)cc1C(=O)O. The molecule has 1 aromatic rings. The van der Waals surface area contributed by atoms with Gasteiger partial charge in [0.2, 0.25) is 0 Å². The van der Waals surface area contributed by atoms with Crippen LogP contribution in [0.1, 0.15) is 26.3 Å². The third kappa shape index (κ3) is 2.94. The molecule has 0 radical (unpaired) electrons. The third-order valence-corrected chi connectivity index (χ3v) is 2.07. The molecule has 0 saturated heterocycles. The molecule has 6 heteroatoms. The second-order valence-corrected chi connectivity index (χ2v) is 3.33. The van der Waals surface area contributed by atoms with Gasteiger partial charge in [0.25, 0.3) is 0 Å². The molecule has 0 aliphatic carbocycles. The van der Waals surface area contributed by atoms with E-state index in [1.54, 1.807) is 6.92 Å². The van der Waals surface area contributed by atoms with E-state index in [4.69, 9.17) is 14.9 Å². The zero-order chi connectivity index (χ0) is 13.0. The van der Waals surface area contributed by atoms with Crippen molar-refractivity contribution < 1.29 is 29.3 Å². The van der Waals surface area contributed by atoms with Gasteiger partial charge in [-0.2, -0.15) is 0 Å². The first-order valence-corrected chi connectivity index (χ1v) is 4.70.